The van der Waals surface area contributed by atoms with E-state index in [-0.39, 0.29) is 0 Å². The number of nitrogens with zero attached hydrogens (tertiary/aromatic N) is 2. The van der Waals surface area contributed by atoms with Gasteiger partial charge in [0.1, 0.15) is 0 Å². The van der Waals surface area contributed by atoms with Crippen LogP contribution in [0.5, 0.6) is 0 Å². The summed E-state index contributed by atoms with van der Waals surface area (Å²) in [5.74, 6) is 0. The van der Waals surface area contributed by atoms with Crippen molar-refractivity contribution in [1.82, 2.24) is 9.55 Å². The first-order valence-electron chi connectivity index (χ1n) is 18.9. The van der Waals surface area contributed by atoms with E-state index in [0.29, 0.717) is 0 Å². The maximum Gasteiger partial charge on any atom is 0.0714 e. The van der Waals surface area contributed by atoms with E-state index in [0.717, 1.165) is 28.1 Å². The van der Waals surface area contributed by atoms with Crippen LogP contribution in [0.3, 0.4) is 0 Å². The number of aromatic nitrogens is 2. The van der Waals surface area contributed by atoms with Gasteiger partial charge in [0.25, 0.3) is 0 Å². The first-order chi connectivity index (χ1) is 27.3. The minimum absolute atomic E-state index is 0.962. The number of fused-ring (bicyclic) bond motifs is 7. The Bertz CT molecular complexity index is 3160. The average Bonchev–Trinajstić information content (AvgIpc) is 3.61. The molecule has 2 nitrogen and oxygen atoms in total. The highest BCUT2D eigenvalue weighted by Gasteiger charge is 2.20. The van der Waals surface area contributed by atoms with Crippen molar-refractivity contribution in [2.75, 3.05) is 0 Å². The van der Waals surface area contributed by atoms with Crippen LogP contribution in [0.2, 0.25) is 0 Å². The summed E-state index contributed by atoms with van der Waals surface area (Å²) in [4.78, 5) is 5.28. The van der Waals surface area contributed by atoms with Crippen molar-refractivity contribution in [3.63, 3.8) is 0 Å². The Morgan fingerprint density at radius 1 is 0.345 bits per heavy atom. The Morgan fingerprint density at radius 3 is 1.56 bits per heavy atom. The molecule has 0 aliphatic heterocycles. The number of para-hydroxylation sites is 2. The molecule has 2 heterocycles. The van der Waals surface area contributed by atoms with Crippen molar-refractivity contribution in [3.8, 4) is 50.3 Å². The van der Waals surface area contributed by atoms with E-state index in [1.165, 1.54) is 76.4 Å². The molecule has 0 bridgehead atoms. The second kappa shape index (κ2) is 12.7. The predicted octanol–water partition coefficient (Wildman–Crippen LogP) is 14.3. The van der Waals surface area contributed by atoms with Crippen LogP contribution in [0, 0.1) is 0 Å². The molecule has 9 aromatic carbocycles. The van der Waals surface area contributed by atoms with Gasteiger partial charge in [0.15, 0.2) is 0 Å². The van der Waals surface area contributed by atoms with Gasteiger partial charge in [-0.1, -0.05) is 176 Å². The lowest BCUT2D eigenvalue weighted by Gasteiger charge is -2.18. The van der Waals surface area contributed by atoms with Gasteiger partial charge in [-0.2, -0.15) is 0 Å². The molecule has 0 spiro atoms. The van der Waals surface area contributed by atoms with Crippen LogP contribution in [0.15, 0.2) is 206 Å². The van der Waals surface area contributed by atoms with E-state index in [4.69, 9.17) is 4.98 Å². The lowest BCUT2D eigenvalue weighted by molar-refractivity contribution is 1.18. The van der Waals surface area contributed by atoms with Crippen LogP contribution in [-0.2, 0) is 0 Å². The molecule has 0 saturated carbocycles. The van der Waals surface area contributed by atoms with Crippen molar-refractivity contribution in [2.24, 2.45) is 0 Å². The van der Waals surface area contributed by atoms with Crippen LogP contribution in [0.25, 0.3) is 104 Å². The van der Waals surface area contributed by atoms with Gasteiger partial charge in [-0.3, -0.25) is 4.98 Å². The third-order valence-electron chi connectivity index (χ3n) is 11.2. The van der Waals surface area contributed by atoms with Crippen LogP contribution >= 0.6 is 0 Å². The number of benzene rings is 9. The number of pyridine rings is 1. The molecule has 0 radical (unpaired) electrons. The van der Waals surface area contributed by atoms with Gasteiger partial charge in [0, 0.05) is 39.3 Å². The Kier molecular flexibility index (Phi) is 7.21. The molecule has 11 aromatic rings. The van der Waals surface area contributed by atoms with Crippen LogP contribution < -0.4 is 0 Å². The molecule has 2 heteroatoms. The molecule has 0 atom stereocenters. The summed E-state index contributed by atoms with van der Waals surface area (Å²) in [6.07, 6.45) is 2.06. The molecule has 55 heavy (non-hydrogen) atoms. The van der Waals surface area contributed by atoms with E-state index in [9.17, 15) is 0 Å². The number of rotatable bonds is 5. The molecular weight excluding hydrogens is 665 g/mol. The van der Waals surface area contributed by atoms with E-state index < -0.39 is 0 Å². The zero-order valence-electron chi connectivity index (χ0n) is 30.0. The summed E-state index contributed by atoms with van der Waals surface area (Å²) >= 11 is 0. The quantitative estimate of drug-likeness (QED) is 0.164. The van der Waals surface area contributed by atoms with Crippen molar-refractivity contribution < 1.29 is 0 Å². The fourth-order valence-electron chi connectivity index (χ4n) is 8.79. The van der Waals surface area contributed by atoms with Crippen LogP contribution in [-0.4, -0.2) is 9.55 Å². The molecule has 0 saturated heterocycles. The Morgan fingerprint density at radius 2 is 0.891 bits per heavy atom. The Hall–Kier alpha value is -7.29. The molecule has 0 aliphatic rings. The molecule has 0 N–H and O–H groups in total. The lowest BCUT2D eigenvalue weighted by atomic mass is 9.87. The maximum absolute atomic E-state index is 5.28. The number of hydrogen-bond acceptors (Lipinski definition) is 1. The number of hydrogen-bond donors (Lipinski definition) is 0. The average molecular weight is 699 g/mol. The van der Waals surface area contributed by atoms with Crippen molar-refractivity contribution in [1.29, 1.82) is 0 Å². The zero-order chi connectivity index (χ0) is 36.3. The van der Waals surface area contributed by atoms with Crippen molar-refractivity contribution in [2.45, 2.75) is 0 Å². The summed E-state index contributed by atoms with van der Waals surface area (Å²) in [7, 11) is 0. The highest BCUT2D eigenvalue weighted by molar-refractivity contribution is 6.24. The summed E-state index contributed by atoms with van der Waals surface area (Å²) in [6.45, 7) is 0. The van der Waals surface area contributed by atoms with Crippen molar-refractivity contribution >= 4 is 54.1 Å². The maximum atomic E-state index is 5.28. The smallest absolute Gasteiger partial charge is 0.0714 e. The van der Waals surface area contributed by atoms with Gasteiger partial charge >= 0.3 is 0 Å². The van der Waals surface area contributed by atoms with Gasteiger partial charge in [-0.15, -0.1) is 0 Å². The molecule has 0 fully saturated rings. The first-order valence-corrected chi connectivity index (χ1v) is 18.9. The molecule has 256 valence electrons. The van der Waals surface area contributed by atoms with Crippen molar-refractivity contribution in [3.05, 3.63) is 206 Å². The minimum Gasteiger partial charge on any atom is -0.309 e. The fourth-order valence-corrected chi connectivity index (χ4v) is 8.79. The highest BCUT2D eigenvalue weighted by Crippen LogP contribution is 2.45. The third-order valence-corrected chi connectivity index (χ3v) is 11.2. The summed E-state index contributed by atoms with van der Waals surface area (Å²) in [6, 6.07) is 72.3. The van der Waals surface area contributed by atoms with E-state index in [2.05, 4.69) is 211 Å². The molecule has 0 unspecified atom stereocenters. The minimum atomic E-state index is 0.962. The summed E-state index contributed by atoms with van der Waals surface area (Å²) in [5.41, 5.74) is 12.8. The SMILES string of the molecule is c1ccc(-c2ccc(-c3c4ccccc4c(-c4ccc(-c5cccc6c7c8ccccc8ccc7n(-c7ccccc7)c56)cn4)c4ccccc34)cc2)cc1. The van der Waals surface area contributed by atoms with Gasteiger partial charge in [-0.25, -0.2) is 0 Å². The summed E-state index contributed by atoms with van der Waals surface area (Å²) < 4.78 is 2.42. The molecular formula is C53H34N2. The van der Waals surface area contributed by atoms with E-state index >= 15 is 0 Å². The van der Waals surface area contributed by atoms with Gasteiger partial charge < -0.3 is 4.57 Å². The van der Waals surface area contributed by atoms with Gasteiger partial charge in [0.05, 0.1) is 16.7 Å². The lowest BCUT2D eigenvalue weighted by Crippen LogP contribution is -1.96. The molecule has 0 amide bonds. The highest BCUT2D eigenvalue weighted by atomic mass is 15.0. The first kappa shape index (κ1) is 31.3. The largest absolute Gasteiger partial charge is 0.309 e. The molecule has 11 rings (SSSR count). The van der Waals surface area contributed by atoms with E-state index in [1.54, 1.807) is 0 Å². The zero-order valence-corrected chi connectivity index (χ0v) is 30.0. The van der Waals surface area contributed by atoms with Crippen LogP contribution in [0.4, 0.5) is 0 Å². The van der Waals surface area contributed by atoms with E-state index in [1.807, 2.05) is 0 Å². The van der Waals surface area contributed by atoms with Crippen LogP contribution in [0.1, 0.15) is 0 Å². The monoisotopic (exact) mass is 698 g/mol. The molecule has 2 aromatic heterocycles. The third kappa shape index (κ3) is 5.00. The Labute approximate surface area is 319 Å². The standard InChI is InChI=1S/C53H34N2/c1-3-14-35(15-4-1)36-26-28-38(29-27-36)50-43-20-9-11-22-45(43)51(46-23-12-10-21-44(46)50)48-32-30-39(34-54-48)42-24-13-25-47-52-41-19-8-7-16-37(41)31-33-49(52)55(53(42)47)40-17-5-2-6-18-40/h1-34H. The van der Waals surface area contributed by atoms with Gasteiger partial charge in [0.2, 0.25) is 0 Å². The second-order valence-electron chi connectivity index (χ2n) is 14.3. The Balaban J connectivity index is 1.09. The molecule has 0 aliphatic carbocycles. The fraction of sp³-hybridized carbons (Fsp3) is 0. The topological polar surface area (TPSA) is 17.8 Å². The van der Waals surface area contributed by atoms with Gasteiger partial charge in [-0.05, 0) is 78.8 Å². The second-order valence-corrected chi connectivity index (χ2v) is 14.3. The summed E-state index contributed by atoms with van der Waals surface area (Å²) in [5, 5.41) is 9.85. The normalized spacial score (nSPS) is 11.6. The predicted molar refractivity (Wildman–Crippen MR) is 233 cm³/mol.